The summed E-state index contributed by atoms with van der Waals surface area (Å²) in [5.74, 6) is -5.95. The van der Waals surface area contributed by atoms with E-state index in [1.807, 2.05) is 0 Å². The summed E-state index contributed by atoms with van der Waals surface area (Å²) in [6.45, 7) is 0. The molecule has 2 rings (SSSR count). The molecule has 7 heteroatoms. The minimum atomic E-state index is -1.87. The van der Waals surface area contributed by atoms with Crippen LogP contribution in [0.3, 0.4) is 0 Å². The largest absolute Gasteiger partial charge is 0.475 e. The zero-order valence-corrected chi connectivity index (χ0v) is 9.23. The number of halogens is 3. The number of carboxylic acid groups (broad SMARTS) is 1. The zero-order chi connectivity index (χ0) is 14.2. The van der Waals surface area contributed by atoms with Crippen molar-refractivity contribution in [2.75, 3.05) is 0 Å². The Hall–Kier alpha value is -2.28. The van der Waals surface area contributed by atoms with E-state index < -0.39 is 40.8 Å². The van der Waals surface area contributed by atoms with Crippen LogP contribution in [0.1, 0.15) is 28.0 Å². The molecule has 0 bridgehead atoms. The lowest BCUT2D eigenvalue weighted by molar-refractivity contribution is 0.0654. The first-order valence-corrected chi connectivity index (χ1v) is 5.05. The molecule has 100 valence electrons. The number of aliphatic hydroxyl groups excluding tert-OH is 1. The van der Waals surface area contributed by atoms with Crippen LogP contribution in [0.25, 0.3) is 0 Å². The molecule has 0 saturated heterocycles. The Morgan fingerprint density at radius 3 is 2.21 bits per heavy atom. The van der Waals surface area contributed by atoms with E-state index >= 15 is 0 Å². The van der Waals surface area contributed by atoms with Crippen molar-refractivity contribution in [1.82, 2.24) is 0 Å². The van der Waals surface area contributed by atoms with Gasteiger partial charge in [-0.2, -0.15) is 0 Å². The summed E-state index contributed by atoms with van der Waals surface area (Å²) in [5.41, 5.74) is -0.812. The summed E-state index contributed by atoms with van der Waals surface area (Å²) in [6, 6.07) is 2.90. The Kier molecular flexibility index (Phi) is 3.30. The lowest BCUT2D eigenvalue weighted by Crippen LogP contribution is -2.06. The average Bonchev–Trinajstić information content (AvgIpc) is 2.76. The van der Waals surface area contributed by atoms with Crippen LogP contribution in [-0.2, 0) is 0 Å². The van der Waals surface area contributed by atoms with Crippen LogP contribution in [-0.4, -0.2) is 16.2 Å². The van der Waals surface area contributed by atoms with Crippen molar-refractivity contribution in [1.29, 1.82) is 0 Å². The Balaban J connectivity index is 2.43. The molecule has 0 radical (unpaired) electrons. The first-order valence-electron chi connectivity index (χ1n) is 5.05. The fourth-order valence-electron chi connectivity index (χ4n) is 1.57. The predicted octanol–water partition coefficient (Wildman–Crippen LogP) is 2.48. The standard InChI is InChI=1S/C12H7F3O4/c13-5-3-6(14)10(7(15)4-5)11(16)8-1-2-9(19-8)12(17)18/h1-4,11,16H,(H,17,18). The molecular formula is C12H7F3O4. The van der Waals surface area contributed by atoms with Crippen LogP contribution in [0.15, 0.2) is 28.7 Å². The van der Waals surface area contributed by atoms with Crippen LogP contribution in [0, 0.1) is 17.5 Å². The Morgan fingerprint density at radius 1 is 1.16 bits per heavy atom. The van der Waals surface area contributed by atoms with Gasteiger partial charge < -0.3 is 14.6 Å². The normalized spacial score (nSPS) is 12.4. The molecule has 0 aliphatic carbocycles. The SMILES string of the molecule is O=C(O)c1ccc(C(O)c2c(F)cc(F)cc2F)o1. The average molecular weight is 272 g/mol. The second-order valence-electron chi connectivity index (χ2n) is 3.69. The van der Waals surface area contributed by atoms with E-state index in [2.05, 4.69) is 0 Å². The van der Waals surface area contributed by atoms with Gasteiger partial charge in [-0.25, -0.2) is 18.0 Å². The minimum absolute atomic E-state index is 0.359. The molecule has 0 saturated carbocycles. The highest BCUT2D eigenvalue weighted by Gasteiger charge is 2.24. The number of carbonyl (C=O) groups is 1. The molecule has 1 heterocycles. The van der Waals surface area contributed by atoms with Crippen molar-refractivity contribution in [2.45, 2.75) is 6.10 Å². The van der Waals surface area contributed by atoms with E-state index in [0.717, 1.165) is 12.1 Å². The third-order valence-corrected chi connectivity index (χ3v) is 2.42. The maximum Gasteiger partial charge on any atom is 0.371 e. The van der Waals surface area contributed by atoms with Gasteiger partial charge in [0.25, 0.3) is 0 Å². The molecule has 0 aliphatic rings. The van der Waals surface area contributed by atoms with Gasteiger partial charge in [0, 0.05) is 12.1 Å². The summed E-state index contributed by atoms with van der Waals surface area (Å²) in [5, 5.41) is 18.4. The maximum absolute atomic E-state index is 13.4. The van der Waals surface area contributed by atoms with Crippen molar-refractivity contribution < 1.29 is 32.6 Å². The van der Waals surface area contributed by atoms with Crippen LogP contribution in [0.2, 0.25) is 0 Å². The van der Waals surface area contributed by atoms with Crippen LogP contribution in [0.4, 0.5) is 13.2 Å². The first kappa shape index (κ1) is 13.2. The molecule has 0 fully saturated rings. The summed E-state index contributed by atoms with van der Waals surface area (Å²) < 4.78 is 44.3. The van der Waals surface area contributed by atoms with Crippen LogP contribution >= 0.6 is 0 Å². The number of aromatic carboxylic acids is 1. The van der Waals surface area contributed by atoms with Crippen molar-refractivity contribution >= 4 is 5.97 Å². The second-order valence-corrected chi connectivity index (χ2v) is 3.69. The molecule has 19 heavy (non-hydrogen) atoms. The van der Waals surface area contributed by atoms with Crippen LogP contribution < -0.4 is 0 Å². The van der Waals surface area contributed by atoms with Gasteiger partial charge in [0.2, 0.25) is 5.76 Å². The van der Waals surface area contributed by atoms with Gasteiger partial charge in [0.15, 0.2) is 0 Å². The third kappa shape index (κ3) is 2.45. The predicted molar refractivity (Wildman–Crippen MR) is 56.0 cm³/mol. The highest BCUT2D eigenvalue weighted by atomic mass is 19.1. The van der Waals surface area contributed by atoms with E-state index in [-0.39, 0.29) is 5.76 Å². The van der Waals surface area contributed by atoms with Gasteiger partial charge in [-0.05, 0) is 12.1 Å². The summed E-state index contributed by atoms with van der Waals surface area (Å²) in [6.07, 6.45) is -1.87. The third-order valence-electron chi connectivity index (χ3n) is 2.42. The molecule has 1 unspecified atom stereocenters. The van der Waals surface area contributed by atoms with Crippen molar-refractivity contribution in [2.24, 2.45) is 0 Å². The molecule has 2 aromatic rings. The van der Waals surface area contributed by atoms with Crippen molar-refractivity contribution in [3.63, 3.8) is 0 Å². The molecule has 1 aromatic heterocycles. The van der Waals surface area contributed by atoms with E-state index in [4.69, 9.17) is 9.52 Å². The molecule has 0 aliphatic heterocycles. The molecule has 4 nitrogen and oxygen atoms in total. The van der Waals surface area contributed by atoms with E-state index in [1.165, 1.54) is 0 Å². The van der Waals surface area contributed by atoms with Gasteiger partial charge in [-0.15, -0.1) is 0 Å². The fraction of sp³-hybridized carbons (Fsp3) is 0.0833. The van der Waals surface area contributed by atoms with Crippen LogP contribution in [0.5, 0.6) is 0 Å². The number of furan rings is 1. The van der Waals surface area contributed by atoms with Gasteiger partial charge in [0.1, 0.15) is 29.3 Å². The molecule has 0 spiro atoms. The molecule has 0 amide bonds. The minimum Gasteiger partial charge on any atom is -0.475 e. The Bertz CT molecular complexity index is 613. The summed E-state index contributed by atoms with van der Waals surface area (Å²) >= 11 is 0. The molecular weight excluding hydrogens is 265 g/mol. The monoisotopic (exact) mass is 272 g/mol. The molecule has 1 atom stereocenters. The maximum atomic E-state index is 13.4. The second kappa shape index (κ2) is 4.77. The van der Waals surface area contributed by atoms with Gasteiger partial charge in [0.05, 0.1) is 5.56 Å². The highest BCUT2D eigenvalue weighted by Crippen LogP contribution is 2.28. The zero-order valence-electron chi connectivity index (χ0n) is 9.23. The van der Waals surface area contributed by atoms with E-state index in [9.17, 15) is 23.1 Å². The number of rotatable bonds is 3. The van der Waals surface area contributed by atoms with Gasteiger partial charge >= 0.3 is 5.97 Å². The van der Waals surface area contributed by atoms with E-state index in [1.54, 1.807) is 0 Å². The van der Waals surface area contributed by atoms with Gasteiger partial charge in [-0.1, -0.05) is 0 Å². The highest BCUT2D eigenvalue weighted by molar-refractivity contribution is 5.84. The lowest BCUT2D eigenvalue weighted by Gasteiger charge is -2.10. The number of hydrogen-bond acceptors (Lipinski definition) is 3. The number of carboxylic acids is 1. The van der Waals surface area contributed by atoms with E-state index in [0.29, 0.717) is 12.1 Å². The van der Waals surface area contributed by atoms with Crippen molar-refractivity contribution in [3.05, 3.63) is 58.8 Å². The Morgan fingerprint density at radius 2 is 1.74 bits per heavy atom. The molecule has 1 aromatic carbocycles. The quantitative estimate of drug-likeness (QED) is 0.900. The summed E-state index contributed by atoms with van der Waals surface area (Å²) in [7, 11) is 0. The lowest BCUT2D eigenvalue weighted by atomic mass is 10.1. The topological polar surface area (TPSA) is 70.7 Å². The smallest absolute Gasteiger partial charge is 0.371 e. The Labute approximate surface area is 104 Å². The summed E-state index contributed by atoms with van der Waals surface area (Å²) in [4.78, 5) is 10.6. The first-order chi connectivity index (χ1) is 8.90. The van der Waals surface area contributed by atoms with Gasteiger partial charge in [-0.3, -0.25) is 0 Å². The fourth-order valence-corrected chi connectivity index (χ4v) is 1.57. The number of benzene rings is 1. The molecule has 2 N–H and O–H groups in total. The number of aliphatic hydroxyl groups is 1. The van der Waals surface area contributed by atoms with Crippen molar-refractivity contribution in [3.8, 4) is 0 Å². The number of hydrogen-bond donors (Lipinski definition) is 2.